The van der Waals surface area contributed by atoms with E-state index in [2.05, 4.69) is 0 Å². The average Bonchev–Trinajstić information content (AvgIpc) is 2.21. The van der Waals surface area contributed by atoms with Crippen LogP contribution in [0.2, 0.25) is 0 Å². The number of hydrogen-bond donors (Lipinski definition) is 0. The van der Waals surface area contributed by atoms with Crippen LogP contribution in [0, 0.1) is 0 Å². The second-order valence-corrected chi connectivity index (χ2v) is 2.52. The second kappa shape index (κ2) is 3.80. The van der Waals surface area contributed by atoms with Gasteiger partial charge in [0.2, 0.25) is 0 Å². The first-order valence-corrected chi connectivity index (χ1v) is 3.83. The van der Waals surface area contributed by atoms with Gasteiger partial charge in [-0.3, -0.25) is 0 Å². The average molecular weight is 160 g/mol. The molecule has 0 aromatic heterocycles. The molecule has 0 bridgehead atoms. The minimum Gasteiger partial charge on any atom is -0.458 e. The molecule has 1 fully saturated rings. The summed E-state index contributed by atoms with van der Waals surface area (Å²) >= 11 is 0. The summed E-state index contributed by atoms with van der Waals surface area (Å²) in [6, 6.07) is 9.81. The van der Waals surface area contributed by atoms with Crippen molar-refractivity contribution in [3.8, 4) is 0 Å². The Hall–Kier alpha value is -0.705. The molecule has 2 rings (SSSR count). The Labute approximate surface area is 72.8 Å². The molecule has 0 atom stereocenters. The predicted molar refractivity (Wildman–Crippen MR) is 49.4 cm³/mol. The van der Waals surface area contributed by atoms with Crippen molar-refractivity contribution >= 4 is 28.0 Å². The topological polar surface area (TPSA) is 27.7 Å². The molecule has 0 spiro atoms. The molecule has 3 nitrogen and oxygen atoms in total. The van der Waals surface area contributed by atoms with E-state index in [1.54, 1.807) is 0 Å². The van der Waals surface area contributed by atoms with E-state index in [9.17, 15) is 0 Å². The van der Waals surface area contributed by atoms with Gasteiger partial charge in [-0.05, 0) is 5.46 Å². The van der Waals surface area contributed by atoms with Gasteiger partial charge in [-0.15, -0.1) is 0 Å². The van der Waals surface area contributed by atoms with Crippen molar-refractivity contribution in [2.45, 2.75) is 0 Å². The van der Waals surface area contributed by atoms with Gasteiger partial charge in [0.1, 0.15) is 0 Å². The summed E-state index contributed by atoms with van der Waals surface area (Å²) in [5.74, 6) is 0. The summed E-state index contributed by atoms with van der Waals surface area (Å²) in [5.41, 5.74) is 1.03. The lowest BCUT2D eigenvalue weighted by atomic mass is 9.75. The molecule has 58 valence electrons. The Bertz CT molecular complexity index is 237. The van der Waals surface area contributed by atoms with Gasteiger partial charge in [0.25, 0.3) is 0 Å². The molecule has 1 aliphatic rings. The third-order valence-electron chi connectivity index (χ3n) is 1.68. The Morgan fingerprint density at radius 2 is 1.67 bits per heavy atom. The first-order chi connectivity index (χ1) is 5.97. The summed E-state index contributed by atoms with van der Waals surface area (Å²) in [6.07, 6.45) is 0. The van der Waals surface area contributed by atoms with Crippen LogP contribution in [0.5, 0.6) is 0 Å². The SMILES string of the molecule is B1OBOB(c2ccccc2)O1. The van der Waals surface area contributed by atoms with Crippen LogP contribution in [-0.4, -0.2) is 22.5 Å². The Balaban J connectivity index is 2.08. The molecule has 1 saturated heterocycles. The third-order valence-corrected chi connectivity index (χ3v) is 1.68. The Morgan fingerprint density at radius 3 is 2.33 bits per heavy atom. The van der Waals surface area contributed by atoms with E-state index in [1.807, 2.05) is 30.3 Å². The van der Waals surface area contributed by atoms with Crippen molar-refractivity contribution in [2.75, 3.05) is 0 Å². The largest absolute Gasteiger partial charge is 0.466 e. The summed E-state index contributed by atoms with van der Waals surface area (Å²) in [7, 11) is 0.346. The van der Waals surface area contributed by atoms with E-state index in [0.29, 0.717) is 15.4 Å². The van der Waals surface area contributed by atoms with Gasteiger partial charge < -0.3 is 13.7 Å². The van der Waals surface area contributed by atoms with Crippen LogP contribution in [0.1, 0.15) is 0 Å². The fourth-order valence-electron chi connectivity index (χ4n) is 1.10. The van der Waals surface area contributed by atoms with Gasteiger partial charge in [0, 0.05) is 0 Å². The standard InChI is InChI=1S/C6H7B3O3/c1-2-4-6(5-3-1)9-11-7-10-8-12-9/h1-5,7-8H. The molecule has 12 heavy (non-hydrogen) atoms. The molecule has 0 saturated carbocycles. The van der Waals surface area contributed by atoms with Crippen molar-refractivity contribution in [2.24, 2.45) is 0 Å². The van der Waals surface area contributed by atoms with Crippen LogP contribution in [0.3, 0.4) is 0 Å². The smallest absolute Gasteiger partial charge is 0.458 e. The second-order valence-electron chi connectivity index (χ2n) is 2.52. The lowest BCUT2D eigenvalue weighted by molar-refractivity contribution is 0.334. The van der Waals surface area contributed by atoms with E-state index in [4.69, 9.17) is 13.7 Å². The molecule has 0 aliphatic carbocycles. The zero-order chi connectivity index (χ0) is 8.23. The number of hydrogen-bond acceptors (Lipinski definition) is 3. The fraction of sp³-hybridized carbons (Fsp3) is 0. The summed E-state index contributed by atoms with van der Waals surface area (Å²) in [6.45, 7) is 0. The predicted octanol–water partition coefficient (Wildman–Crippen LogP) is -1.02. The first-order valence-electron chi connectivity index (χ1n) is 3.83. The van der Waals surface area contributed by atoms with Gasteiger partial charge >= 0.3 is 22.5 Å². The molecule has 1 heterocycles. The summed E-state index contributed by atoms with van der Waals surface area (Å²) in [5, 5.41) is 0. The molecular weight excluding hydrogens is 152 g/mol. The maximum atomic E-state index is 5.22. The van der Waals surface area contributed by atoms with Crippen molar-refractivity contribution in [3.63, 3.8) is 0 Å². The molecule has 1 aromatic rings. The third kappa shape index (κ3) is 1.72. The highest BCUT2D eigenvalue weighted by Gasteiger charge is 2.24. The zero-order valence-electron chi connectivity index (χ0n) is 6.60. The maximum absolute atomic E-state index is 5.22. The summed E-state index contributed by atoms with van der Waals surface area (Å²) in [4.78, 5) is 0. The van der Waals surface area contributed by atoms with Crippen molar-refractivity contribution < 1.29 is 13.7 Å². The highest BCUT2D eigenvalue weighted by Crippen LogP contribution is 1.96. The van der Waals surface area contributed by atoms with Crippen LogP contribution >= 0.6 is 0 Å². The highest BCUT2D eigenvalue weighted by atomic mass is 16.7. The Morgan fingerprint density at radius 1 is 1.00 bits per heavy atom. The highest BCUT2D eigenvalue weighted by molar-refractivity contribution is 6.71. The molecule has 0 amide bonds. The minimum absolute atomic E-state index is 0.264. The van der Waals surface area contributed by atoms with E-state index in [0.717, 1.165) is 5.46 Å². The maximum Gasteiger partial charge on any atom is 0.466 e. The van der Waals surface area contributed by atoms with E-state index >= 15 is 0 Å². The lowest BCUT2D eigenvalue weighted by Gasteiger charge is -2.19. The minimum atomic E-state index is -0.264. The van der Waals surface area contributed by atoms with Crippen molar-refractivity contribution in [1.29, 1.82) is 0 Å². The van der Waals surface area contributed by atoms with E-state index in [-0.39, 0.29) is 7.12 Å². The van der Waals surface area contributed by atoms with Crippen molar-refractivity contribution in [1.82, 2.24) is 0 Å². The van der Waals surface area contributed by atoms with Gasteiger partial charge in [-0.25, -0.2) is 0 Å². The normalized spacial score (nSPS) is 16.5. The van der Waals surface area contributed by atoms with E-state index in [1.165, 1.54) is 0 Å². The van der Waals surface area contributed by atoms with Crippen LogP contribution in [-0.2, 0) is 13.7 Å². The molecule has 1 aliphatic heterocycles. The number of benzene rings is 1. The molecule has 1 aromatic carbocycles. The van der Waals surface area contributed by atoms with Crippen molar-refractivity contribution in [3.05, 3.63) is 30.3 Å². The van der Waals surface area contributed by atoms with Gasteiger partial charge in [0.15, 0.2) is 0 Å². The van der Waals surface area contributed by atoms with Gasteiger partial charge in [-0.1, -0.05) is 30.3 Å². The molecule has 6 heteroatoms. The number of rotatable bonds is 1. The molecule has 0 radical (unpaired) electrons. The first kappa shape index (κ1) is 7.92. The van der Waals surface area contributed by atoms with Crippen LogP contribution in [0.4, 0.5) is 0 Å². The van der Waals surface area contributed by atoms with E-state index < -0.39 is 0 Å². The van der Waals surface area contributed by atoms with Crippen LogP contribution < -0.4 is 5.46 Å². The molecular formula is C6H7B3O3. The van der Waals surface area contributed by atoms with Gasteiger partial charge in [0.05, 0.1) is 0 Å². The van der Waals surface area contributed by atoms with Crippen LogP contribution in [0.15, 0.2) is 30.3 Å². The molecule has 0 N–H and O–H groups in total. The van der Waals surface area contributed by atoms with Crippen LogP contribution in [0.25, 0.3) is 0 Å². The van der Waals surface area contributed by atoms with Gasteiger partial charge in [-0.2, -0.15) is 0 Å². The lowest BCUT2D eigenvalue weighted by Crippen LogP contribution is -2.44. The zero-order valence-corrected chi connectivity index (χ0v) is 6.60. The molecule has 0 unspecified atom stereocenters. The monoisotopic (exact) mass is 160 g/mol. The fourth-order valence-corrected chi connectivity index (χ4v) is 1.10. The summed E-state index contributed by atoms with van der Waals surface area (Å²) < 4.78 is 15.3. The Kier molecular flexibility index (Phi) is 2.51. The quantitative estimate of drug-likeness (QED) is 0.491.